The fourth-order valence-electron chi connectivity index (χ4n) is 2.84. The summed E-state index contributed by atoms with van der Waals surface area (Å²) >= 11 is 0. The Morgan fingerprint density at radius 1 is 1.30 bits per heavy atom. The number of sulfone groups is 1. The molecule has 1 aromatic carbocycles. The average molecular weight is 342 g/mol. The van der Waals surface area contributed by atoms with E-state index in [1.807, 2.05) is 7.05 Å². The predicted molar refractivity (Wildman–Crippen MR) is 86.3 cm³/mol. The highest BCUT2D eigenvalue weighted by molar-refractivity contribution is 7.91. The van der Waals surface area contributed by atoms with E-state index in [0.717, 1.165) is 25.0 Å². The van der Waals surface area contributed by atoms with E-state index < -0.39 is 21.6 Å². The Bertz CT molecular complexity index is 638. The van der Waals surface area contributed by atoms with Crippen LogP contribution in [-0.4, -0.2) is 51.2 Å². The quantitative estimate of drug-likeness (QED) is 0.823. The minimum absolute atomic E-state index is 0.0486. The molecule has 0 spiro atoms. The first kappa shape index (κ1) is 17.9. The Morgan fingerprint density at radius 2 is 1.87 bits per heavy atom. The van der Waals surface area contributed by atoms with Crippen molar-refractivity contribution in [1.82, 2.24) is 10.2 Å². The number of hydrogen-bond acceptors (Lipinski definition) is 4. The number of amides is 1. The molecule has 0 radical (unpaired) electrons. The Hall–Kier alpha value is -1.47. The molecule has 1 aromatic rings. The van der Waals surface area contributed by atoms with Crippen molar-refractivity contribution >= 4 is 15.7 Å². The molecule has 7 heteroatoms. The van der Waals surface area contributed by atoms with Gasteiger partial charge in [0.15, 0.2) is 9.84 Å². The summed E-state index contributed by atoms with van der Waals surface area (Å²) in [5.74, 6) is -1.49. The minimum Gasteiger partial charge on any atom is -0.342 e. The molecule has 1 atom stereocenters. The third-order valence-electron chi connectivity index (χ3n) is 4.28. The second-order valence-corrected chi connectivity index (χ2v) is 8.06. The number of carbonyl (C=O) groups excluding carboxylic acids is 1. The zero-order valence-corrected chi connectivity index (χ0v) is 14.3. The highest BCUT2D eigenvalue weighted by atomic mass is 32.2. The zero-order chi connectivity index (χ0) is 17.0. The van der Waals surface area contributed by atoms with Crippen LogP contribution in [0.25, 0.3) is 0 Å². The molecule has 0 saturated carbocycles. The molecule has 1 fully saturated rings. The zero-order valence-electron chi connectivity index (χ0n) is 13.5. The molecule has 128 valence electrons. The van der Waals surface area contributed by atoms with Gasteiger partial charge in [-0.1, -0.05) is 6.92 Å². The van der Waals surface area contributed by atoms with Crippen LogP contribution in [0.1, 0.15) is 19.8 Å². The molecule has 1 saturated heterocycles. The van der Waals surface area contributed by atoms with Crippen LogP contribution in [-0.2, 0) is 14.6 Å². The van der Waals surface area contributed by atoms with Gasteiger partial charge in [-0.05, 0) is 44.2 Å². The summed E-state index contributed by atoms with van der Waals surface area (Å²) in [6, 6.07) is 5.11. The van der Waals surface area contributed by atoms with E-state index in [1.54, 1.807) is 11.8 Å². The van der Waals surface area contributed by atoms with E-state index in [4.69, 9.17) is 0 Å². The number of hydrogen-bond donors (Lipinski definition) is 1. The number of rotatable bonds is 5. The van der Waals surface area contributed by atoms with Crippen molar-refractivity contribution in [3.63, 3.8) is 0 Å². The fourth-order valence-corrected chi connectivity index (χ4v) is 4.38. The molecular formula is C16H23FN2O3S. The van der Waals surface area contributed by atoms with Gasteiger partial charge < -0.3 is 10.2 Å². The smallest absolute Gasteiger partial charge is 0.226 e. The fraction of sp³-hybridized carbons (Fsp3) is 0.562. The van der Waals surface area contributed by atoms with E-state index in [2.05, 4.69) is 5.32 Å². The first-order valence-corrected chi connectivity index (χ1v) is 9.43. The Balaban J connectivity index is 1.99. The average Bonchev–Trinajstić information content (AvgIpc) is 2.54. The topological polar surface area (TPSA) is 66.5 Å². The maximum atomic E-state index is 12.9. The number of likely N-dealkylation sites (tertiary alicyclic amines) is 1. The first-order chi connectivity index (χ1) is 10.8. The molecule has 1 unspecified atom stereocenters. The van der Waals surface area contributed by atoms with Crippen molar-refractivity contribution in [3.8, 4) is 0 Å². The largest absolute Gasteiger partial charge is 0.342 e. The molecule has 1 N–H and O–H groups in total. The van der Waals surface area contributed by atoms with Crippen LogP contribution in [0.3, 0.4) is 0 Å². The Labute approximate surface area is 136 Å². The van der Waals surface area contributed by atoms with Crippen molar-refractivity contribution in [2.24, 2.45) is 5.92 Å². The van der Waals surface area contributed by atoms with Crippen molar-refractivity contribution in [2.75, 3.05) is 25.9 Å². The van der Waals surface area contributed by atoms with Crippen molar-refractivity contribution < 1.29 is 17.6 Å². The third kappa shape index (κ3) is 4.51. The van der Waals surface area contributed by atoms with E-state index >= 15 is 0 Å². The molecule has 0 aromatic heterocycles. The van der Waals surface area contributed by atoms with Crippen LogP contribution >= 0.6 is 0 Å². The second-order valence-electron chi connectivity index (χ2n) is 6.02. The van der Waals surface area contributed by atoms with Gasteiger partial charge in [-0.3, -0.25) is 4.79 Å². The lowest BCUT2D eigenvalue weighted by Gasteiger charge is -2.33. The van der Waals surface area contributed by atoms with Gasteiger partial charge in [0.1, 0.15) is 5.82 Å². The molecule has 0 bridgehead atoms. The summed E-state index contributed by atoms with van der Waals surface area (Å²) in [6.45, 7) is 2.92. The summed E-state index contributed by atoms with van der Waals surface area (Å²) in [5, 5.41) is 3.19. The number of nitrogens with one attached hydrogen (secondary N) is 1. The summed E-state index contributed by atoms with van der Waals surface area (Å²) in [6.07, 6.45) is 1.75. The predicted octanol–water partition coefficient (Wildman–Crippen LogP) is 1.45. The second kappa shape index (κ2) is 7.40. The van der Waals surface area contributed by atoms with Crippen LogP contribution in [0.2, 0.25) is 0 Å². The molecule has 5 nitrogen and oxygen atoms in total. The molecule has 1 aliphatic heterocycles. The molecular weight excluding hydrogens is 319 g/mol. The first-order valence-electron chi connectivity index (χ1n) is 7.78. The van der Waals surface area contributed by atoms with E-state index in [9.17, 15) is 17.6 Å². The standard InChI is InChI=1S/C16H23FN2O3S/c1-12(16(20)19-9-7-14(18-2)8-10-19)11-23(21,22)15-5-3-13(17)4-6-15/h3-6,12,14,18H,7-11H2,1-2H3. The van der Waals surface area contributed by atoms with Gasteiger partial charge in [-0.15, -0.1) is 0 Å². The van der Waals surface area contributed by atoms with Gasteiger partial charge in [-0.25, -0.2) is 12.8 Å². The lowest BCUT2D eigenvalue weighted by Crippen LogP contribution is -2.46. The number of carbonyl (C=O) groups is 1. The van der Waals surface area contributed by atoms with Crippen molar-refractivity contribution in [1.29, 1.82) is 0 Å². The highest BCUT2D eigenvalue weighted by Crippen LogP contribution is 2.18. The molecule has 23 heavy (non-hydrogen) atoms. The van der Waals surface area contributed by atoms with E-state index in [-0.39, 0.29) is 16.6 Å². The molecule has 2 rings (SSSR count). The number of halogens is 1. The van der Waals surface area contributed by atoms with Gasteiger partial charge in [0, 0.05) is 25.0 Å². The third-order valence-corrected chi connectivity index (χ3v) is 6.21. The number of nitrogens with zero attached hydrogens (tertiary/aromatic N) is 1. The van der Waals surface area contributed by atoms with Gasteiger partial charge >= 0.3 is 0 Å². The number of piperidine rings is 1. The normalized spacial score (nSPS) is 18.0. The maximum Gasteiger partial charge on any atom is 0.226 e. The Kier molecular flexibility index (Phi) is 5.75. The summed E-state index contributed by atoms with van der Waals surface area (Å²) < 4.78 is 37.6. The monoisotopic (exact) mass is 342 g/mol. The minimum atomic E-state index is -3.60. The van der Waals surface area contributed by atoms with Crippen LogP contribution in [0.15, 0.2) is 29.2 Å². The van der Waals surface area contributed by atoms with Crippen LogP contribution < -0.4 is 5.32 Å². The maximum absolute atomic E-state index is 12.9. The molecule has 1 amide bonds. The van der Waals surface area contributed by atoms with Crippen LogP contribution in [0.5, 0.6) is 0 Å². The summed E-state index contributed by atoms with van der Waals surface area (Å²) in [7, 11) is -1.70. The molecule has 1 heterocycles. The SMILES string of the molecule is CNC1CCN(C(=O)C(C)CS(=O)(=O)c2ccc(F)cc2)CC1. The molecule has 1 aliphatic rings. The van der Waals surface area contributed by atoms with Gasteiger partial charge in [0.05, 0.1) is 10.6 Å². The van der Waals surface area contributed by atoms with Gasteiger partial charge in [0.25, 0.3) is 0 Å². The summed E-state index contributed by atoms with van der Waals surface area (Å²) in [4.78, 5) is 14.2. The van der Waals surface area contributed by atoms with Gasteiger partial charge in [-0.2, -0.15) is 0 Å². The lowest BCUT2D eigenvalue weighted by atomic mass is 10.0. The van der Waals surface area contributed by atoms with Crippen LogP contribution in [0, 0.1) is 11.7 Å². The Morgan fingerprint density at radius 3 is 2.39 bits per heavy atom. The van der Waals surface area contributed by atoms with Gasteiger partial charge in [0.2, 0.25) is 5.91 Å². The van der Waals surface area contributed by atoms with Crippen molar-refractivity contribution in [3.05, 3.63) is 30.1 Å². The molecule has 0 aliphatic carbocycles. The van der Waals surface area contributed by atoms with E-state index in [0.29, 0.717) is 19.1 Å². The van der Waals surface area contributed by atoms with E-state index in [1.165, 1.54) is 12.1 Å². The van der Waals surface area contributed by atoms with Crippen LogP contribution in [0.4, 0.5) is 4.39 Å². The number of benzene rings is 1. The highest BCUT2D eigenvalue weighted by Gasteiger charge is 2.29. The summed E-state index contributed by atoms with van der Waals surface area (Å²) in [5.41, 5.74) is 0. The lowest BCUT2D eigenvalue weighted by molar-refractivity contribution is -0.135. The van der Waals surface area contributed by atoms with Crippen molar-refractivity contribution in [2.45, 2.75) is 30.7 Å².